The number of hydrogen-bond acceptors (Lipinski definition) is 6. The van der Waals surface area contributed by atoms with Gasteiger partial charge >= 0.3 is 0 Å². The first kappa shape index (κ1) is 18.7. The first-order valence-corrected chi connectivity index (χ1v) is 10.3. The minimum Gasteiger partial charge on any atom is -0.301 e. The molecule has 0 atom stereocenters. The Morgan fingerprint density at radius 2 is 2.00 bits per heavy atom. The number of rotatable bonds is 5. The van der Waals surface area contributed by atoms with Crippen LogP contribution in [0.15, 0.2) is 59.5 Å². The molecular weight excluding hydrogens is 418 g/mol. The normalized spacial score (nSPS) is 11.0. The van der Waals surface area contributed by atoms with Crippen molar-refractivity contribution in [1.29, 1.82) is 0 Å². The summed E-state index contributed by atoms with van der Waals surface area (Å²) in [5.41, 5.74) is 0.608. The fourth-order valence-corrected chi connectivity index (χ4v) is 4.92. The third-order valence-electron chi connectivity index (χ3n) is 4.00. The van der Waals surface area contributed by atoms with Crippen LogP contribution in [0.3, 0.4) is 0 Å². The molecule has 4 aromatic rings. The van der Waals surface area contributed by atoms with Crippen LogP contribution in [0.5, 0.6) is 0 Å². The van der Waals surface area contributed by atoms with E-state index in [0.29, 0.717) is 20.4 Å². The number of nitrogens with zero attached hydrogens (tertiary/aromatic N) is 2. The van der Waals surface area contributed by atoms with Crippen molar-refractivity contribution in [2.45, 2.75) is 4.90 Å². The van der Waals surface area contributed by atoms with Gasteiger partial charge < -0.3 is 5.32 Å². The van der Waals surface area contributed by atoms with E-state index in [1.807, 2.05) is 36.4 Å². The summed E-state index contributed by atoms with van der Waals surface area (Å²) >= 11 is 8.92. The summed E-state index contributed by atoms with van der Waals surface area (Å²) in [5, 5.41) is 16.6. The molecule has 1 heterocycles. The zero-order valence-electron chi connectivity index (χ0n) is 14.2. The van der Waals surface area contributed by atoms with Crippen molar-refractivity contribution in [3.05, 3.63) is 69.7 Å². The van der Waals surface area contributed by atoms with Crippen LogP contribution in [0.2, 0.25) is 5.02 Å². The summed E-state index contributed by atoms with van der Waals surface area (Å²) in [7, 11) is 0. The third-order valence-corrected chi connectivity index (χ3v) is 6.31. The first-order chi connectivity index (χ1) is 13.5. The average molecular weight is 430 g/mol. The molecule has 1 N–H and O–H groups in total. The summed E-state index contributed by atoms with van der Waals surface area (Å²) < 4.78 is 0.651. The number of nitro benzene ring substituents is 1. The van der Waals surface area contributed by atoms with Crippen molar-refractivity contribution in [3.8, 4) is 0 Å². The highest BCUT2D eigenvalue weighted by molar-refractivity contribution is 8.00. The number of fused-ring (bicyclic) bond motifs is 2. The topological polar surface area (TPSA) is 85.1 Å². The van der Waals surface area contributed by atoms with Crippen molar-refractivity contribution in [2.75, 3.05) is 11.1 Å². The molecular formula is C19H12ClN3O3S2. The van der Waals surface area contributed by atoms with Crippen molar-refractivity contribution >= 4 is 72.4 Å². The monoisotopic (exact) mass is 429 g/mol. The fraction of sp³-hybridized carbons (Fsp3) is 0.0526. The van der Waals surface area contributed by atoms with Gasteiger partial charge in [-0.1, -0.05) is 47.2 Å². The summed E-state index contributed by atoms with van der Waals surface area (Å²) in [4.78, 5) is 28.0. The first-order valence-electron chi connectivity index (χ1n) is 8.16. The molecule has 4 rings (SSSR count). The number of nitro groups is 1. The lowest BCUT2D eigenvalue weighted by Crippen LogP contribution is -2.13. The Bertz CT molecular complexity index is 1220. The summed E-state index contributed by atoms with van der Waals surface area (Å²) in [6.07, 6.45) is 0. The highest BCUT2D eigenvalue weighted by Gasteiger charge is 2.13. The average Bonchev–Trinajstić information content (AvgIpc) is 3.07. The van der Waals surface area contributed by atoms with Gasteiger partial charge in [0.1, 0.15) is 0 Å². The van der Waals surface area contributed by atoms with Crippen molar-refractivity contribution in [3.63, 3.8) is 0 Å². The number of amides is 1. The van der Waals surface area contributed by atoms with Gasteiger partial charge in [0, 0.05) is 27.4 Å². The Kier molecular flexibility index (Phi) is 5.17. The second-order valence-electron chi connectivity index (χ2n) is 5.86. The predicted molar refractivity (Wildman–Crippen MR) is 115 cm³/mol. The van der Waals surface area contributed by atoms with Gasteiger partial charge in [0.25, 0.3) is 5.69 Å². The van der Waals surface area contributed by atoms with Gasteiger partial charge in [-0.05, 0) is 23.6 Å². The number of anilines is 1. The van der Waals surface area contributed by atoms with Crippen LogP contribution in [0, 0.1) is 10.1 Å². The standard InChI is InChI=1S/C19H12ClN3O3S2/c20-13-5-1-3-11-4-2-6-15(18(11)13)27-10-17(24)22-19-21-14-8-7-12(23(25)26)9-16(14)28-19/h1-9H,10H2,(H,21,22,24). The van der Waals surface area contributed by atoms with Crippen LogP contribution in [0.4, 0.5) is 10.8 Å². The Balaban J connectivity index is 1.48. The molecule has 0 aliphatic carbocycles. The van der Waals surface area contributed by atoms with E-state index in [9.17, 15) is 14.9 Å². The highest BCUT2D eigenvalue weighted by Crippen LogP contribution is 2.33. The molecule has 0 aliphatic heterocycles. The number of carbonyl (C=O) groups is 1. The van der Waals surface area contributed by atoms with Crippen LogP contribution in [-0.4, -0.2) is 21.6 Å². The molecule has 0 spiro atoms. The summed E-state index contributed by atoms with van der Waals surface area (Å²) in [6.45, 7) is 0. The van der Waals surface area contributed by atoms with Crippen molar-refractivity contribution < 1.29 is 9.72 Å². The zero-order chi connectivity index (χ0) is 19.7. The number of aromatic nitrogens is 1. The molecule has 0 saturated heterocycles. The lowest BCUT2D eigenvalue weighted by atomic mass is 10.1. The minimum absolute atomic E-state index is 0.00239. The summed E-state index contributed by atoms with van der Waals surface area (Å²) in [6, 6.07) is 16.0. The van der Waals surface area contributed by atoms with E-state index < -0.39 is 4.92 Å². The van der Waals surface area contributed by atoms with Gasteiger partial charge in [-0.2, -0.15) is 0 Å². The van der Waals surface area contributed by atoms with Gasteiger partial charge in [-0.25, -0.2) is 4.98 Å². The Morgan fingerprint density at radius 3 is 2.79 bits per heavy atom. The molecule has 6 nitrogen and oxygen atoms in total. The van der Waals surface area contributed by atoms with Gasteiger partial charge in [-0.15, -0.1) is 11.8 Å². The molecule has 0 radical (unpaired) electrons. The summed E-state index contributed by atoms with van der Waals surface area (Å²) in [5.74, 6) is -0.0111. The van der Waals surface area contributed by atoms with E-state index in [1.54, 1.807) is 6.07 Å². The van der Waals surface area contributed by atoms with Gasteiger partial charge in [-0.3, -0.25) is 14.9 Å². The van der Waals surface area contributed by atoms with E-state index >= 15 is 0 Å². The largest absolute Gasteiger partial charge is 0.301 e. The van der Waals surface area contributed by atoms with Crippen LogP contribution < -0.4 is 5.32 Å². The molecule has 1 amide bonds. The highest BCUT2D eigenvalue weighted by atomic mass is 35.5. The van der Waals surface area contributed by atoms with E-state index in [-0.39, 0.29) is 17.3 Å². The SMILES string of the molecule is O=C(CSc1cccc2cccc(Cl)c12)Nc1nc2ccc([N+](=O)[O-])cc2s1. The maximum atomic E-state index is 12.4. The maximum Gasteiger partial charge on any atom is 0.270 e. The molecule has 28 heavy (non-hydrogen) atoms. The Hall–Kier alpha value is -2.68. The second-order valence-corrected chi connectivity index (χ2v) is 8.31. The van der Waals surface area contributed by atoms with Crippen LogP contribution in [-0.2, 0) is 4.79 Å². The molecule has 0 saturated carbocycles. The molecule has 0 aliphatic rings. The van der Waals surface area contributed by atoms with Crippen molar-refractivity contribution in [2.24, 2.45) is 0 Å². The quantitative estimate of drug-likeness (QED) is 0.248. The molecule has 140 valence electrons. The second kappa shape index (κ2) is 7.75. The number of halogens is 1. The molecule has 9 heteroatoms. The molecule has 0 unspecified atom stereocenters. The Labute approximate surface area is 172 Å². The number of thiazole rings is 1. The predicted octanol–water partition coefficient (Wildman–Crippen LogP) is 5.74. The minimum atomic E-state index is -0.455. The number of nitrogens with one attached hydrogen (secondary N) is 1. The van der Waals surface area contributed by atoms with Crippen molar-refractivity contribution in [1.82, 2.24) is 4.98 Å². The van der Waals surface area contributed by atoms with Crippen LogP contribution >= 0.6 is 34.7 Å². The molecule has 3 aromatic carbocycles. The van der Waals surface area contributed by atoms with Gasteiger partial charge in [0.05, 0.1) is 20.9 Å². The number of thioether (sulfide) groups is 1. The molecule has 0 bridgehead atoms. The maximum absolute atomic E-state index is 12.4. The number of benzene rings is 3. The number of non-ortho nitro benzene ring substituents is 1. The molecule has 1 aromatic heterocycles. The lowest BCUT2D eigenvalue weighted by Gasteiger charge is -2.07. The Morgan fingerprint density at radius 1 is 1.21 bits per heavy atom. The molecule has 0 fully saturated rings. The number of carbonyl (C=O) groups excluding carboxylic acids is 1. The van der Waals surface area contributed by atoms with E-state index in [2.05, 4.69) is 10.3 Å². The smallest absolute Gasteiger partial charge is 0.270 e. The van der Waals surface area contributed by atoms with E-state index in [1.165, 1.54) is 35.2 Å². The van der Waals surface area contributed by atoms with Gasteiger partial charge in [0.2, 0.25) is 5.91 Å². The third kappa shape index (κ3) is 3.80. The van der Waals surface area contributed by atoms with Gasteiger partial charge in [0.15, 0.2) is 5.13 Å². The fourth-order valence-electron chi connectivity index (χ4n) is 2.76. The van der Waals surface area contributed by atoms with E-state index in [4.69, 9.17) is 11.6 Å². The zero-order valence-corrected chi connectivity index (χ0v) is 16.6. The van der Waals surface area contributed by atoms with Crippen LogP contribution in [0.25, 0.3) is 21.0 Å². The van der Waals surface area contributed by atoms with E-state index in [0.717, 1.165) is 15.7 Å². The number of hydrogen-bond donors (Lipinski definition) is 1. The van der Waals surface area contributed by atoms with Crippen LogP contribution in [0.1, 0.15) is 0 Å². The lowest BCUT2D eigenvalue weighted by molar-refractivity contribution is -0.384.